The summed E-state index contributed by atoms with van der Waals surface area (Å²) in [5.74, 6) is 2.13. The van der Waals surface area contributed by atoms with Crippen LogP contribution < -0.4 is 20.1 Å². The van der Waals surface area contributed by atoms with Gasteiger partial charge in [0.2, 0.25) is 5.91 Å². The minimum absolute atomic E-state index is 0.00516. The van der Waals surface area contributed by atoms with Crippen LogP contribution >= 0.6 is 0 Å². The zero-order chi connectivity index (χ0) is 23.2. The number of pyridine rings is 1. The number of rotatable bonds is 12. The highest BCUT2D eigenvalue weighted by atomic mass is 16.5. The molecule has 8 heteroatoms. The van der Waals surface area contributed by atoms with E-state index >= 15 is 0 Å². The van der Waals surface area contributed by atoms with Crippen LogP contribution in [-0.4, -0.2) is 69.2 Å². The molecule has 0 spiro atoms. The van der Waals surface area contributed by atoms with Crippen LogP contribution in [0, 0.1) is 0 Å². The molecule has 2 N–H and O–H groups in total. The Morgan fingerprint density at radius 2 is 2.00 bits per heavy atom. The highest BCUT2D eigenvalue weighted by Gasteiger charge is 2.10. The maximum Gasteiger partial charge on any atom is 0.241 e. The van der Waals surface area contributed by atoms with Gasteiger partial charge in [0.05, 0.1) is 20.3 Å². The van der Waals surface area contributed by atoms with Crippen LogP contribution in [0.5, 0.6) is 11.5 Å². The summed E-state index contributed by atoms with van der Waals surface area (Å²) >= 11 is 0. The Morgan fingerprint density at radius 3 is 2.69 bits per heavy atom. The number of hydrogen-bond donors (Lipinski definition) is 2. The molecule has 0 radical (unpaired) electrons. The van der Waals surface area contributed by atoms with Gasteiger partial charge in [-0.3, -0.25) is 14.8 Å². The molecule has 1 amide bonds. The van der Waals surface area contributed by atoms with E-state index in [-0.39, 0.29) is 12.5 Å². The number of carbonyl (C=O) groups excluding carboxylic acids is 1. The largest absolute Gasteiger partial charge is 0.493 e. The van der Waals surface area contributed by atoms with Gasteiger partial charge in [0.1, 0.15) is 0 Å². The topological polar surface area (TPSA) is 88.1 Å². The average Bonchev–Trinajstić information content (AvgIpc) is 2.83. The molecule has 0 bridgehead atoms. The molecule has 174 valence electrons. The molecule has 0 saturated heterocycles. The summed E-state index contributed by atoms with van der Waals surface area (Å²) in [5.41, 5.74) is 2.16. The van der Waals surface area contributed by atoms with Gasteiger partial charge in [0, 0.05) is 45.5 Å². The van der Waals surface area contributed by atoms with Crippen LogP contribution in [0.1, 0.15) is 24.6 Å². The van der Waals surface area contributed by atoms with Crippen molar-refractivity contribution in [2.24, 2.45) is 4.99 Å². The molecule has 0 aliphatic rings. The average molecular weight is 442 g/mol. The summed E-state index contributed by atoms with van der Waals surface area (Å²) in [6.07, 6.45) is 4.30. The van der Waals surface area contributed by atoms with E-state index in [9.17, 15) is 4.79 Å². The van der Waals surface area contributed by atoms with Gasteiger partial charge in [-0.25, -0.2) is 0 Å². The number of guanidine groups is 1. The molecule has 1 aromatic heterocycles. The van der Waals surface area contributed by atoms with Gasteiger partial charge in [0.15, 0.2) is 17.5 Å². The van der Waals surface area contributed by atoms with E-state index in [1.165, 1.54) is 5.56 Å². The predicted octanol–water partition coefficient (Wildman–Crippen LogP) is 2.29. The van der Waals surface area contributed by atoms with E-state index in [1.807, 2.05) is 43.3 Å². The number of carbonyl (C=O) groups is 1. The molecule has 1 aromatic carbocycles. The van der Waals surface area contributed by atoms with Gasteiger partial charge in [-0.2, -0.15) is 0 Å². The van der Waals surface area contributed by atoms with Gasteiger partial charge in [-0.15, -0.1) is 0 Å². The first kappa shape index (κ1) is 25.0. The Balaban J connectivity index is 1.69. The number of ether oxygens (including phenoxy) is 2. The fourth-order valence-corrected chi connectivity index (χ4v) is 3.11. The van der Waals surface area contributed by atoms with Crippen molar-refractivity contribution in [2.45, 2.75) is 26.2 Å². The highest BCUT2D eigenvalue weighted by molar-refractivity contribution is 5.86. The fourth-order valence-electron chi connectivity index (χ4n) is 3.11. The zero-order valence-corrected chi connectivity index (χ0v) is 19.6. The van der Waals surface area contributed by atoms with Crippen molar-refractivity contribution in [3.63, 3.8) is 0 Å². The molecule has 1 heterocycles. The first-order chi connectivity index (χ1) is 15.6. The summed E-state index contributed by atoms with van der Waals surface area (Å²) < 4.78 is 11.0. The van der Waals surface area contributed by atoms with E-state index in [0.29, 0.717) is 19.1 Å². The minimum atomic E-state index is 0.00516. The lowest BCUT2D eigenvalue weighted by Gasteiger charge is -2.18. The Morgan fingerprint density at radius 1 is 1.16 bits per heavy atom. The smallest absolute Gasteiger partial charge is 0.241 e. The van der Waals surface area contributed by atoms with Gasteiger partial charge in [-0.05, 0) is 49.6 Å². The lowest BCUT2D eigenvalue weighted by atomic mass is 10.1. The summed E-state index contributed by atoms with van der Waals surface area (Å²) in [6.45, 7) is 4.10. The van der Waals surface area contributed by atoms with Gasteiger partial charge < -0.3 is 25.0 Å². The highest BCUT2D eigenvalue weighted by Crippen LogP contribution is 2.28. The summed E-state index contributed by atoms with van der Waals surface area (Å²) in [6, 6.07) is 11.8. The van der Waals surface area contributed by atoms with E-state index in [0.717, 1.165) is 43.0 Å². The normalized spacial score (nSPS) is 11.1. The molecule has 0 aliphatic heterocycles. The molecule has 0 fully saturated rings. The fraction of sp³-hybridized carbons (Fsp3) is 0.458. The standard InChI is InChI=1S/C24H35N5O3/c1-5-32-22-17-19(11-12-21(22)31-4)9-8-15-27-24(25-2)28-18-23(30)29(3)16-13-20-10-6-7-14-26-20/h6-7,10-12,14,17H,5,8-9,13,15-16,18H2,1-4H3,(H2,25,27,28). The van der Waals surface area contributed by atoms with Crippen molar-refractivity contribution in [3.05, 3.63) is 53.9 Å². The zero-order valence-electron chi connectivity index (χ0n) is 19.6. The Hall–Kier alpha value is -3.29. The van der Waals surface area contributed by atoms with E-state index < -0.39 is 0 Å². The summed E-state index contributed by atoms with van der Waals surface area (Å²) in [4.78, 5) is 22.6. The maximum absolute atomic E-state index is 12.4. The van der Waals surface area contributed by atoms with Crippen LogP contribution in [0.2, 0.25) is 0 Å². The Labute approximate surface area is 191 Å². The first-order valence-corrected chi connectivity index (χ1v) is 11.0. The van der Waals surface area contributed by atoms with E-state index in [2.05, 4.69) is 20.6 Å². The number of hydrogen-bond acceptors (Lipinski definition) is 5. The van der Waals surface area contributed by atoms with Crippen LogP contribution in [0.3, 0.4) is 0 Å². The van der Waals surface area contributed by atoms with E-state index in [4.69, 9.17) is 9.47 Å². The molecule has 8 nitrogen and oxygen atoms in total. The first-order valence-electron chi connectivity index (χ1n) is 11.0. The number of amides is 1. The van der Waals surface area contributed by atoms with Gasteiger partial charge in [0.25, 0.3) is 0 Å². The molecule has 2 aromatic rings. The summed E-state index contributed by atoms with van der Waals surface area (Å²) in [7, 11) is 5.14. The summed E-state index contributed by atoms with van der Waals surface area (Å²) in [5, 5.41) is 6.34. The molecular formula is C24H35N5O3. The van der Waals surface area contributed by atoms with Crippen molar-refractivity contribution in [1.82, 2.24) is 20.5 Å². The lowest BCUT2D eigenvalue weighted by Crippen LogP contribution is -2.44. The number of nitrogens with zero attached hydrogens (tertiary/aromatic N) is 3. The van der Waals surface area contributed by atoms with Crippen LogP contribution in [0.15, 0.2) is 47.6 Å². The molecule has 0 atom stereocenters. The van der Waals surface area contributed by atoms with Gasteiger partial charge >= 0.3 is 0 Å². The molecule has 0 saturated carbocycles. The third kappa shape index (κ3) is 8.45. The Kier molecular flexibility index (Phi) is 10.8. The maximum atomic E-state index is 12.4. The molecule has 0 aliphatic carbocycles. The second-order valence-electron chi connectivity index (χ2n) is 7.26. The Bertz CT molecular complexity index is 858. The number of aryl methyl sites for hydroxylation is 1. The third-order valence-corrected chi connectivity index (χ3v) is 4.95. The number of aromatic nitrogens is 1. The van der Waals surface area contributed by atoms with Crippen LogP contribution in [-0.2, 0) is 17.6 Å². The third-order valence-electron chi connectivity index (χ3n) is 4.95. The predicted molar refractivity (Wildman–Crippen MR) is 127 cm³/mol. The monoisotopic (exact) mass is 441 g/mol. The second-order valence-corrected chi connectivity index (χ2v) is 7.26. The van der Waals surface area contributed by atoms with Crippen molar-refractivity contribution >= 4 is 11.9 Å². The molecular weight excluding hydrogens is 406 g/mol. The SMILES string of the molecule is CCOc1cc(CCCNC(=NC)NCC(=O)N(C)CCc2ccccn2)ccc1OC. The second kappa shape index (κ2) is 13.9. The van der Waals surface area contributed by atoms with Crippen LogP contribution in [0.25, 0.3) is 0 Å². The number of methoxy groups -OCH3 is 1. The minimum Gasteiger partial charge on any atom is -0.493 e. The molecule has 2 rings (SSSR count). The molecule has 32 heavy (non-hydrogen) atoms. The number of aliphatic imine (C=N–C) groups is 1. The van der Waals surface area contributed by atoms with E-state index in [1.54, 1.807) is 32.3 Å². The van der Waals surface area contributed by atoms with Crippen molar-refractivity contribution in [2.75, 3.05) is 47.4 Å². The quantitative estimate of drug-likeness (QED) is 0.299. The van der Waals surface area contributed by atoms with Crippen molar-refractivity contribution < 1.29 is 14.3 Å². The van der Waals surface area contributed by atoms with Crippen molar-refractivity contribution in [1.29, 1.82) is 0 Å². The van der Waals surface area contributed by atoms with Crippen LogP contribution in [0.4, 0.5) is 0 Å². The number of nitrogens with one attached hydrogen (secondary N) is 2. The van der Waals surface area contributed by atoms with Crippen molar-refractivity contribution in [3.8, 4) is 11.5 Å². The number of benzene rings is 1. The lowest BCUT2D eigenvalue weighted by molar-refractivity contribution is -0.128. The molecule has 0 unspecified atom stereocenters. The van der Waals surface area contributed by atoms with Gasteiger partial charge in [-0.1, -0.05) is 12.1 Å². The number of likely N-dealkylation sites (N-methyl/N-ethyl adjacent to an activating group) is 1.